The van der Waals surface area contributed by atoms with Gasteiger partial charge in [-0.1, -0.05) is 12.1 Å². The van der Waals surface area contributed by atoms with Crippen molar-refractivity contribution < 1.29 is 17.9 Å². The van der Waals surface area contributed by atoms with Crippen LogP contribution in [0.1, 0.15) is 11.1 Å². The minimum atomic E-state index is -4.67. The number of halogens is 4. The van der Waals surface area contributed by atoms with Gasteiger partial charge in [-0.25, -0.2) is 0 Å². The van der Waals surface area contributed by atoms with Gasteiger partial charge in [0.15, 0.2) is 0 Å². The molecule has 0 aliphatic carbocycles. The molecule has 0 bridgehead atoms. The Labute approximate surface area is 119 Å². The summed E-state index contributed by atoms with van der Waals surface area (Å²) in [6, 6.07) is 5.67. The molecule has 1 heterocycles. The Hall–Kier alpha value is -1.73. The molecule has 2 N–H and O–H groups in total. The van der Waals surface area contributed by atoms with Gasteiger partial charge in [0.05, 0.1) is 12.7 Å². The average molecular weight is 308 g/mol. The number of benzene rings is 1. The van der Waals surface area contributed by atoms with Crippen LogP contribution in [0.3, 0.4) is 0 Å². The van der Waals surface area contributed by atoms with Crippen molar-refractivity contribution in [1.29, 1.82) is 0 Å². The summed E-state index contributed by atoms with van der Waals surface area (Å²) in [5, 5.41) is 4.09. The molecule has 8 heteroatoms. The zero-order valence-electron chi connectivity index (χ0n) is 10.3. The molecule has 0 radical (unpaired) electrons. The van der Waals surface area contributed by atoms with Crippen LogP contribution < -0.4 is 10.5 Å². The van der Waals surface area contributed by atoms with Crippen molar-refractivity contribution >= 4 is 12.4 Å². The fourth-order valence-corrected chi connectivity index (χ4v) is 1.58. The standard InChI is InChI=1S/C12H12F3N3O.ClH/c13-12(14,15)19-11-3-1-9(2-4-11)7-18-8-10(5-16)6-17-18;/h1-4,6,8H,5,7,16H2;1H. The van der Waals surface area contributed by atoms with E-state index in [1.165, 1.54) is 12.1 Å². The summed E-state index contributed by atoms with van der Waals surface area (Å²) in [5.74, 6) is -0.237. The molecule has 0 fully saturated rings. The summed E-state index contributed by atoms with van der Waals surface area (Å²) in [6.07, 6.45) is -1.22. The molecule has 0 unspecified atom stereocenters. The van der Waals surface area contributed by atoms with Gasteiger partial charge in [0.25, 0.3) is 0 Å². The van der Waals surface area contributed by atoms with E-state index in [-0.39, 0.29) is 18.2 Å². The van der Waals surface area contributed by atoms with Crippen molar-refractivity contribution in [1.82, 2.24) is 9.78 Å². The third kappa shape index (κ3) is 4.75. The molecular weight excluding hydrogens is 295 g/mol. The summed E-state index contributed by atoms with van der Waals surface area (Å²) in [4.78, 5) is 0. The molecule has 2 rings (SSSR count). The predicted octanol–water partition coefficient (Wildman–Crippen LogP) is 2.71. The summed E-state index contributed by atoms with van der Waals surface area (Å²) in [6.45, 7) is 0.866. The molecule has 0 amide bonds. The van der Waals surface area contributed by atoms with Crippen LogP contribution in [0, 0.1) is 0 Å². The second kappa shape index (κ2) is 6.62. The first-order valence-corrected chi connectivity index (χ1v) is 5.52. The molecular formula is C12H13ClF3N3O. The first kappa shape index (κ1) is 16.3. The maximum Gasteiger partial charge on any atom is 0.573 e. The molecule has 0 aliphatic rings. The lowest BCUT2D eigenvalue weighted by Gasteiger charge is -2.09. The van der Waals surface area contributed by atoms with Crippen LogP contribution in [0.4, 0.5) is 13.2 Å². The summed E-state index contributed by atoms with van der Waals surface area (Å²) in [5.41, 5.74) is 7.18. The molecule has 0 saturated heterocycles. The van der Waals surface area contributed by atoms with Crippen molar-refractivity contribution in [2.75, 3.05) is 0 Å². The molecule has 4 nitrogen and oxygen atoms in total. The fraction of sp³-hybridized carbons (Fsp3) is 0.250. The Morgan fingerprint density at radius 1 is 1.15 bits per heavy atom. The minimum absolute atomic E-state index is 0. The van der Waals surface area contributed by atoms with E-state index in [2.05, 4.69) is 9.84 Å². The van der Waals surface area contributed by atoms with Gasteiger partial charge in [-0.3, -0.25) is 4.68 Å². The Morgan fingerprint density at radius 2 is 1.80 bits per heavy atom. The third-order valence-corrected chi connectivity index (χ3v) is 2.42. The summed E-state index contributed by atoms with van der Waals surface area (Å²) in [7, 11) is 0. The zero-order chi connectivity index (χ0) is 13.9. The van der Waals surface area contributed by atoms with Gasteiger partial charge < -0.3 is 10.5 Å². The van der Waals surface area contributed by atoms with Crippen LogP contribution in [-0.2, 0) is 13.1 Å². The molecule has 0 spiro atoms. The topological polar surface area (TPSA) is 53.1 Å². The van der Waals surface area contributed by atoms with E-state index < -0.39 is 6.36 Å². The second-order valence-electron chi connectivity index (χ2n) is 3.94. The molecule has 0 atom stereocenters. The molecule has 1 aromatic heterocycles. The van der Waals surface area contributed by atoms with E-state index >= 15 is 0 Å². The highest BCUT2D eigenvalue weighted by Gasteiger charge is 2.30. The van der Waals surface area contributed by atoms with Gasteiger partial charge >= 0.3 is 6.36 Å². The van der Waals surface area contributed by atoms with E-state index in [0.29, 0.717) is 13.1 Å². The number of rotatable bonds is 4. The molecule has 110 valence electrons. The lowest BCUT2D eigenvalue weighted by Crippen LogP contribution is -2.17. The summed E-state index contributed by atoms with van der Waals surface area (Å²) >= 11 is 0. The summed E-state index contributed by atoms with van der Waals surface area (Å²) < 4.78 is 41.4. The van der Waals surface area contributed by atoms with Crippen molar-refractivity contribution in [2.24, 2.45) is 5.73 Å². The van der Waals surface area contributed by atoms with E-state index in [1.807, 2.05) is 0 Å². The number of nitrogens with zero attached hydrogens (tertiary/aromatic N) is 2. The highest BCUT2D eigenvalue weighted by atomic mass is 35.5. The largest absolute Gasteiger partial charge is 0.573 e. The van der Waals surface area contributed by atoms with Crippen molar-refractivity contribution in [3.8, 4) is 5.75 Å². The van der Waals surface area contributed by atoms with Crippen LogP contribution in [0.15, 0.2) is 36.7 Å². The molecule has 2 aromatic rings. The number of ether oxygens (including phenoxy) is 1. The maximum absolute atomic E-state index is 12.0. The van der Waals surface area contributed by atoms with Gasteiger partial charge in [0, 0.05) is 18.3 Å². The van der Waals surface area contributed by atoms with Crippen molar-refractivity contribution in [2.45, 2.75) is 19.5 Å². The minimum Gasteiger partial charge on any atom is -0.406 e. The SMILES string of the molecule is Cl.NCc1cnn(Cc2ccc(OC(F)(F)F)cc2)c1. The number of hydrogen-bond donors (Lipinski definition) is 1. The highest BCUT2D eigenvalue weighted by molar-refractivity contribution is 5.85. The van der Waals surface area contributed by atoms with Gasteiger partial charge in [0.1, 0.15) is 5.75 Å². The molecule has 0 saturated carbocycles. The predicted molar refractivity (Wildman–Crippen MR) is 69.6 cm³/mol. The Kier molecular flexibility index (Phi) is 5.41. The van der Waals surface area contributed by atoms with Crippen molar-refractivity contribution in [3.63, 3.8) is 0 Å². The monoisotopic (exact) mass is 307 g/mol. The molecule has 0 aliphatic heterocycles. The number of nitrogens with two attached hydrogens (primary N) is 1. The van der Waals surface area contributed by atoms with Gasteiger partial charge in [-0.05, 0) is 17.7 Å². The van der Waals surface area contributed by atoms with Gasteiger partial charge in [-0.2, -0.15) is 5.10 Å². The Balaban J connectivity index is 0.00000200. The van der Waals surface area contributed by atoms with Crippen LogP contribution in [0.2, 0.25) is 0 Å². The zero-order valence-corrected chi connectivity index (χ0v) is 11.1. The quantitative estimate of drug-likeness (QED) is 0.945. The van der Waals surface area contributed by atoms with E-state index in [4.69, 9.17) is 5.73 Å². The maximum atomic E-state index is 12.0. The lowest BCUT2D eigenvalue weighted by atomic mass is 10.2. The second-order valence-corrected chi connectivity index (χ2v) is 3.94. The normalized spacial score (nSPS) is 11.0. The smallest absolute Gasteiger partial charge is 0.406 e. The van der Waals surface area contributed by atoms with E-state index in [1.54, 1.807) is 29.2 Å². The third-order valence-electron chi connectivity index (χ3n) is 2.42. The van der Waals surface area contributed by atoms with Crippen LogP contribution in [0.5, 0.6) is 5.75 Å². The Bertz CT molecular complexity index is 540. The average Bonchev–Trinajstić information content (AvgIpc) is 2.77. The number of alkyl halides is 3. The highest BCUT2D eigenvalue weighted by Crippen LogP contribution is 2.22. The van der Waals surface area contributed by atoms with Gasteiger partial charge in [-0.15, -0.1) is 25.6 Å². The molecule has 1 aromatic carbocycles. The Morgan fingerprint density at radius 3 is 2.30 bits per heavy atom. The van der Waals surface area contributed by atoms with Crippen LogP contribution >= 0.6 is 12.4 Å². The van der Waals surface area contributed by atoms with Gasteiger partial charge in [0.2, 0.25) is 0 Å². The van der Waals surface area contributed by atoms with Crippen molar-refractivity contribution in [3.05, 3.63) is 47.8 Å². The van der Waals surface area contributed by atoms with Crippen LogP contribution in [-0.4, -0.2) is 16.1 Å². The lowest BCUT2D eigenvalue weighted by molar-refractivity contribution is -0.274. The fourth-order valence-electron chi connectivity index (χ4n) is 1.58. The first-order valence-electron chi connectivity index (χ1n) is 5.52. The van der Waals surface area contributed by atoms with Crippen LogP contribution in [0.25, 0.3) is 0 Å². The van der Waals surface area contributed by atoms with E-state index in [9.17, 15) is 13.2 Å². The molecule has 20 heavy (non-hydrogen) atoms. The number of hydrogen-bond acceptors (Lipinski definition) is 3. The first-order chi connectivity index (χ1) is 8.96. The number of aromatic nitrogens is 2. The van der Waals surface area contributed by atoms with E-state index in [0.717, 1.165) is 11.1 Å².